The van der Waals surface area contributed by atoms with Crippen LogP contribution in [0.25, 0.3) is 0 Å². The van der Waals surface area contributed by atoms with Gasteiger partial charge in [-0.1, -0.05) is 0 Å². The molecule has 0 radical (unpaired) electrons. The molecule has 0 bridgehead atoms. The molecule has 0 fully saturated rings. The molecule has 3 nitrogen and oxygen atoms in total. The standard InChI is InChI=1S/C10H7F5O3/c1-17-4-18-6-3-2-5(11)8(12)7(6)9(16)10(13,14)15/h2-3H,4H2,1H3. The van der Waals surface area contributed by atoms with Crippen molar-refractivity contribution in [2.75, 3.05) is 13.9 Å². The monoisotopic (exact) mass is 270 g/mol. The van der Waals surface area contributed by atoms with E-state index in [1.54, 1.807) is 0 Å². The lowest BCUT2D eigenvalue weighted by molar-refractivity contribution is -0.0890. The van der Waals surface area contributed by atoms with E-state index in [1.165, 1.54) is 7.11 Å². The molecule has 0 amide bonds. The first-order valence-electron chi connectivity index (χ1n) is 4.50. The lowest BCUT2D eigenvalue weighted by Crippen LogP contribution is -2.25. The van der Waals surface area contributed by atoms with Gasteiger partial charge in [0, 0.05) is 7.11 Å². The first-order chi connectivity index (χ1) is 8.29. The fourth-order valence-corrected chi connectivity index (χ4v) is 1.13. The molecule has 18 heavy (non-hydrogen) atoms. The first kappa shape index (κ1) is 14.4. The molecule has 8 heteroatoms. The Morgan fingerprint density at radius 1 is 1.28 bits per heavy atom. The van der Waals surface area contributed by atoms with Gasteiger partial charge in [0.25, 0.3) is 5.78 Å². The van der Waals surface area contributed by atoms with Gasteiger partial charge in [-0.25, -0.2) is 8.78 Å². The van der Waals surface area contributed by atoms with E-state index >= 15 is 0 Å². The quantitative estimate of drug-likeness (QED) is 0.479. The summed E-state index contributed by atoms with van der Waals surface area (Å²) in [5.41, 5.74) is -1.50. The highest BCUT2D eigenvalue weighted by molar-refractivity contribution is 6.02. The minimum absolute atomic E-state index is 0.511. The highest BCUT2D eigenvalue weighted by Crippen LogP contribution is 2.30. The Balaban J connectivity index is 3.29. The van der Waals surface area contributed by atoms with E-state index in [0.717, 1.165) is 6.07 Å². The fraction of sp³-hybridized carbons (Fsp3) is 0.300. The van der Waals surface area contributed by atoms with Gasteiger partial charge in [-0.2, -0.15) is 13.2 Å². The molecule has 1 aromatic rings. The lowest BCUT2D eigenvalue weighted by atomic mass is 10.1. The maximum atomic E-state index is 13.3. The molecule has 0 aliphatic carbocycles. The largest absolute Gasteiger partial charge is 0.467 e. The van der Waals surface area contributed by atoms with Gasteiger partial charge in [-0.05, 0) is 12.1 Å². The molecule has 0 saturated heterocycles. The van der Waals surface area contributed by atoms with Crippen molar-refractivity contribution in [2.45, 2.75) is 6.18 Å². The molecule has 0 N–H and O–H groups in total. The summed E-state index contributed by atoms with van der Waals surface area (Å²) in [6.45, 7) is -0.511. The van der Waals surface area contributed by atoms with Crippen LogP contribution in [0.3, 0.4) is 0 Å². The van der Waals surface area contributed by atoms with E-state index in [2.05, 4.69) is 9.47 Å². The maximum Gasteiger partial charge on any atom is 0.455 e. The number of carbonyl (C=O) groups is 1. The van der Waals surface area contributed by atoms with Crippen LogP contribution in [-0.4, -0.2) is 25.9 Å². The number of hydrogen-bond donors (Lipinski definition) is 0. The van der Waals surface area contributed by atoms with Gasteiger partial charge in [-0.3, -0.25) is 4.79 Å². The summed E-state index contributed by atoms with van der Waals surface area (Å²) in [4.78, 5) is 11.0. The molecule has 0 atom stereocenters. The SMILES string of the molecule is COCOc1ccc(F)c(F)c1C(=O)C(F)(F)F. The Hall–Kier alpha value is -1.70. The third-order valence-corrected chi connectivity index (χ3v) is 1.87. The van der Waals surface area contributed by atoms with Crippen LogP contribution in [0.15, 0.2) is 12.1 Å². The average molecular weight is 270 g/mol. The summed E-state index contributed by atoms with van der Waals surface area (Å²) >= 11 is 0. The van der Waals surface area contributed by atoms with Crippen LogP contribution in [0.2, 0.25) is 0 Å². The molecule has 1 aromatic carbocycles. The number of hydrogen-bond acceptors (Lipinski definition) is 3. The molecule has 0 aliphatic rings. The predicted octanol–water partition coefficient (Wildman–Crippen LogP) is 2.69. The van der Waals surface area contributed by atoms with Crippen molar-refractivity contribution < 1.29 is 36.2 Å². The van der Waals surface area contributed by atoms with Crippen LogP contribution in [0.4, 0.5) is 22.0 Å². The van der Waals surface area contributed by atoms with E-state index in [0.29, 0.717) is 6.07 Å². The van der Waals surface area contributed by atoms with Gasteiger partial charge in [0.05, 0.1) is 0 Å². The molecule has 0 aromatic heterocycles. The number of methoxy groups -OCH3 is 1. The molecule has 0 aliphatic heterocycles. The fourth-order valence-electron chi connectivity index (χ4n) is 1.13. The Morgan fingerprint density at radius 3 is 2.39 bits per heavy atom. The van der Waals surface area contributed by atoms with E-state index in [9.17, 15) is 26.7 Å². The highest BCUT2D eigenvalue weighted by Gasteiger charge is 2.43. The lowest BCUT2D eigenvalue weighted by Gasteiger charge is -2.12. The van der Waals surface area contributed by atoms with Crippen molar-refractivity contribution in [1.82, 2.24) is 0 Å². The van der Waals surface area contributed by atoms with E-state index < -0.39 is 41.7 Å². The first-order valence-corrected chi connectivity index (χ1v) is 4.50. The van der Waals surface area contributed by atoms with Crippen molar-refractivity contribution in [2.24, 2.45) is 0 Å². The summed E-state index contributed by atoms with van der Waals surface area (Å²) < 4.78 is 71.8. The van der Waals surface area contributed by atoms with E-state index in [1.807, 2.05) is 0 Å². The molecule has 1 rings (SSSR count). The second-order valence-electron chi connectivity index (χ2n) is 3.11. The Labute approximate surface area is 98.1 Å². The molecule has 0 spiro atoms. The van der Waals surface area contributed by atoms with Crippen molar-refractivity contribution in [3.05, 3.63) is 29.3 Å². The van der Waals surface area contributed by atoms with Crippen LogP contribution >= 0.6 is 0 Å². The summed E-state index contributed by atoms with van der Waals surface area (Å²) in [5, 5.41) is 0. The van der Waals surface area contributed by atoms with E-state index in [-0.39, 0.29) is 0 Å². The van der Waals surface area contributed by atoms with Gasteiger partial charge in [0.1, 0.15) is 11.3 Å². The van der Waals surface area contributed by atoms with Crippen LogP contribution in [0, 0.1) is 11.6 Å². The Morgan fingerprint density at radius 2 is 1.89 bits per heavy atom. The van der Waals surface area contributed by atoms with Gasteiger partial charge in [0.15, 0.2) is 18.4 Å². The zero-order valence-electron chi connectivity index (χ0n) is 8.98. The molecule has 100 valence electrons. The van der Waals surface area contributed by atoms with Gasteiger partial charge < -0.3 is 9.47 Å². The molecular formula is C10H7F5O3. The van der Waals surface area contributed by atoms with Crippen molar-refractivity contribution >= 4 is 5.78 Å². The predicted molar refractivity (Wildman–Crippen MR) is 49.2 cm³/mol. The minimum atomic E-state index is -5.33. The van der Waals surface area contributed by atoms with Crippen LogP contribution in [0.5, 0.6) is 5.75 Å². The Bertz CT molecular complexity index is 456. The van der Waals surface area contributed by atoms with Crippen molar-refractivity contribution in [1.29, 1.82) is 0 Å². The zero-order chi connectivity index (χ0) is 13.9. The minimum Gasteiger partial charge on any atom is -0.467 e. The normalized spacial score (nSPS) is 11.4. The number of Topliss-reactive ketones (excluding diaryl/α,β-unsaturated/α-hetero) is 1. The average Bonchev–Trinajstić information content (AvgIpc) is 2.28. The smallest absolute Gasteiger partial charge is 0.455 e. The summed E-state index contributed by atoms with van der Waals surface area (Å²) in [7, 11) is 1.17. The van der Waals surface area contributed by atoms with E-state index in [4.69, 9.17) is 0 Å². The Kier molecular flexibility index (Phi) is 4.23. The van der Waals surface area contributed by atoms with Crippen LogP contribution in [-0.2, 0) is 4.74 Å². The van der Waals surface area contributed by atoms with Crippen molar-refractivity contribution in [3.63, 3.8) is 0 Å². The summed E-state index contributed by atoms with van der Waals surface area (Å²) in [6.07, 6.45) is -5.33. The maximum absolute atomic E-state index is 13.3. The number of alkyl halides is 3. The zero-order valence-corrected chi connectivity index (χ0v) is 8.98. The molecule has 0 unspecified atom stereocenters. The highest BCUT2D eigenvalue weighted by atomic mass is 19.4. The number of ketones is 1. The number of halogens is 5. The summed E-state index contributed by atoms with van der Waals surface area (Å²) in [5.74, 6) is -6.75. The van der Waals surface area contributed by atoms with Gasteiger partial charge in [-0.15, -0.1) is 0 Å². The molecular weight excluding hydrogens is 263 g/mol. The third kappa shape index (κ3) is 2.95. The summed E-state index contributed by atoms with van der Waals surface area (Å²) in [6, 6.07) is 1.27. The van der Waals surface area contributed by atoms with Crippen LogP contribution in [0.1, 0.15) is 10.4 Å². The molecule has 0 heterocycles. The third-order valence-electron chi connectivity index (χ3n) is 1.87. The van der Waals surface area contributed by atoms with Gasteiger partial charge >= 0.3 is 6.18 Å². The number of benzene rings is 1. The topological polar surface area (TPSA) is 35.5 Å². The number of rotatable bonds is 4. The molecule has 0 saturated carbocycles. The number of ether oxygens (including phenoxy) is 2. The second kappa shape index (κ2) is 5.30. The van der Waals surface area contributed by atoms with Gasteiger partial charge in [0.2, 0.25) is 0 Å². The van der Waals surface area contributed by atoms with Crippen LogP contribution < -0.4 is 4.74 Å². The number of carbonyl (C=O) groups excluding carboxylic acids is 1. The second-order valence-corrected chi connectivity index (χ2v) is 3.11. The van der Waals surface area contributed by atoms with Crippen molar-refractivity contribution in [3.8, 4) is 5.75 Å².